The molecule has 1 N–H and O–H groups in total. The third kappa shape index (κ3) is 5.26. The number of hydrogen-bond acceptors (Lipinski definition) is 5. The van der Waals surface area contributed by atoms with Crippen LogP contribution in [0.15, 0.2) is 36.7 Å². The van der Waals surface area contributed by atoms with Crippen molar-refractivity contribution in [2.45, 2.75) is 44.1 Å². The highest BCUT2D eigenvalue weighted by Crippen LogP contribution is 2.35. The predicted octanol–water partition coefficient (Wildman–Crippen LogP) is 2.69. The first-order valence-electron chi connectivity index (χ1n) is 9.94. The largest absolute Gasteiger partial charge is 0.490 e. The maximum Gasteiger partial charge on any atom is 0.490 e. The Morgan fingerprint density at radius 1 is 1.31 bits per heavy atom. The summed E-state index contributed by atoms with van der Waals surface area (Å²) in [6.07, 6.45) is 1.06. The van der Waals surface area contributed by atoms with Gasteiger partial charge in [0.25, 0.3) is 0 Å². The number of halogens is 3. The van der Waals surface area contributed by atoms with Crippen LogP contribution in [0.2, 0.25) is 0 Å². The van der Waals surface area contributed by atoms with E-state index in [1.54, 1.807) is 10.9 Å². The van der Waals surface area contributed by atoms with Gasteiger partial charge in [0.05, 0.1) is 29.6 Å². The number of carbonyl (C=O) groups excluding carboxylic acids is 1. The minimum atomic E-state index is -5.08. The van der Waals surface area contributed by atoms with Crippen LogP contribution in [0.4, 0.5) is 18.9 Å². The van der Waals surface area contributed by atoms with E-state index in [1.807, 2.05) is 36.3 Å². The van der Waals surface area contributed by atoms with Gasteiger partial charge >= 0.3 is 12.1 Å². The number of aromatic nitrogens is 2. The number of carboxylic acids is 1. The summed E-state index contributed by atoms with van der Waals surface area (Å²) in [5.74, 6) is -2.56. The van der Waals surface area contributed by atoms with Crippen molar-refractivity contribution in [1.82, 2.24) is 14.7 Å². The summed E-state index contributed by atoms with van der Waals surface area (Å²) in [5.41, 5.74) is 2.75. The lowest BCUT2D eigenvalue weighted by Gasteiger charge is -2.39. The van der Waals surface area contributed by atoms with Gasteiger partial charge in [-0.05, 0) is 30.5 Å². The molecule has 1 aromatic carbocycles. The van der Waals surface area contributed by atoms with Crippen molar-refractivity contribution in [1.29, 1.82) is 5.26 Å². The summed E-state index contributed by atoms with van der Waals surface area (Å²) >= 11 is 0. The number of carbonyl (C=O) groups is 2. The van der Waals surface area contributed by atoms with Gasteiger partial charge < -0.3 is 10.0 Å². The van der Waals surface area contributed by atoms with Crippen LogP contribution in [0.5, 0.6) is 0 Å². The topological polar surface area (TPSA) is 102 Å². The molecule has 3 heterocycles. The number of rotatable bonds is 3. The molecule has 1 aromatic heterocycles. The second-order valence-electron chi connectivity index (χ2n) is 7.68. The number of carboxylic acid groups (broad SMARTS) is 1. The highest BCUT2D eigenvalue weighted by Gasteiger charge is 2.44. The molecule has 2 aliphatic heterocycles. The maximum atomic E-state index is 12.5. The fourth-order valence-electron chi connectivity index (χ4n) is 4.19. The van der Waals surface area contributed by atoms with Crippen LogP contribution < -0.4 is 4.90 Å². The molecule has 170 valence electrons. The van der Waals surface area contributed by atoms with E-state index in [2.05, 4.69) is 22.1 Å². The van der Waals surface area contributed by atoms with Gasteiger partial charge in [-0.1, -0.05) is 12.1 Å². The van der Waals surface area contributed by atoms with Crippen LogP contribution in [0.3, 0.4) is 0 Å². The number of anilines is 1. The summed E-state index contributed by atoms with van der Waals surface area (Å²) < 4.78 is 33.5. The molecular weight excluding hydrogens is 427 g/mol. The van der Waals surface area contributed by atoms with Crippen molar-refractivity contribution in [3.8, 4) is 6.07 Å². The zero-order valence-corrected chi connectivity index (χ0v) is 17.3. The maximum absolute atomic E-state index is 12.5. The Morgan fingerprint density at radius 3 is 2.62 bits per heavy atom. The Balaban J connectivity index is 0.000000360. The fraction of sp³-hybridized carbons (Fsp3) is 0.429. The molecular formula is C21H22F3N5O3. The minimum absolute atomic E-state index is 0.197. The molecule has 2 fully saturated rings. The van der Waals surface area contributed by atoms with Crippen molar-refractivity contribution in [3.63, 3.8) is 0 Å². The number of hydrogen-bond donors (Lipinski definition) is 1. The molecule has 2 aliphatic rings. The number of fused-ring (bicyclic) bond motifs is 1. The molecule has 2 aromatic rings. The van der Waals surface area contributed by atoms with E-state index in [1.165, 1.54) is 0 Å². The van der Waals surface area contributed by atoms with Crippen LogP contribution in [0.25, 0.3) is 0 Å². The van der Waals surface area contributed by atoms with Gasteiger partial charge in [-0.3, -0.25) is 14.4 Å². The second kappa shape index (κ2) is 9.40. The number of aryl methyl sites for hydroxylation is 1. The highest BCUT2D eigenvalue weighted by molar-refractivity contribution is 5.94. The third-order valence-electron chi connectivity index (χ3n) is 5.53. The molecule has 0 saturated carbocycles. The second-order valence-corrected chi connectivity index (χ2v) is 7.68. The van der Waals surface area contributed by atoms with E-state index in [0.29, 0.717) is 18.0 Å². The van der Waals surface area contributed by atoms with Gasteiger partial charge in [-0.15, -0.1) is 0 Å². The van der Waals surface area contributed by atoms with E-state index < -0.39 is 12.1 Å². The summed E-state index contributed by atoms with van der Waals surface area (Å²) in [5, 5.41) is 20.4. The Hall–Kier alpha value is -3.39. The summed E-state index contributed by atoms with van der Waals surface area (Å²) in [4.78, 5) is 25.8. The van der Waals surface area contributed by atoms with Crippen LogP contribution in [-0.2, 0) is 23.2 Å². The van der Waals surface area contributed by atoms with E-state index >= 15 is 0 Å². The molecule has 2 saturated heterocycles. The number of alkyl halides is 3. The lowest BCUT2D eigenvalue weighted by molar-refractivity contribution is -0.192. The first kappa shape index (κ1) is 23.3. The molecule has 4 rings (SSSR count). The number of amides is 1. The molecule has 11 heteroatoms. The number of aliphatic carboxylic acids is 1. The summed E-state index contributed by atoms with van der Waals surface area (Å²) in [7, 11) is 1.87. The third-order valence-corrected chi connectivity index (χ3v) is 5.53. The first-order chi connectivity index (χ1) is 15.1. The molecule has 32 heavy (non-hydrogen) atoms. The minimum Gasteiger partial charge on any atom is -0.475 e. The van der Waals surface area contributed by atoms with Crippen LogP contribution in [0, 0.1) is 11.3 Å². The number of nitrogens with zero attached hydrogens (tertiary/aromatic N) is 5. The van der Waals surface area contributed by atoms with Gasteiger partial charge in [0.15, 0.2) is 0 Å². The standard InChI is InChI=1S/C19H21N5O.C2HF3O2/c1-22-13-16(11-21-22)24-18-7-8-23(17(18)5-6-19(24)25)12-15-4-2-3-14(9-15)10-20;3-2(4,5)1(6)7/h2-4,9,11,13,17-18H,5-8,12H2,1H3;(H,6,7)/t17-,18-;/m1./s1. The number of likely N-dealkylation sites (tertiary alicyclic amines) is 1. The van der Waals surface area contributed by atoms with Crippen molar-refractivity contribution in [2.24, 2.45) is 7.05 Å². The lowest BCUT2D eigenvalue weighted by Crippen LogP contribution is -2.52. The van der Waals surface area contributed by atoms with E-state index in [-0.39, 0.29) is 11.9 Å². The Labute approximate surface area is 182 Å². The molecule has 8 nitrogen and oxygen atoms in total. The van der Waals surface area contributed by atoms with E-state index in [9.17, 15) is 18.0 Å². The average Bonchev–Trinajstić information content (AvgIpc) is 3.34. The van der Waals surface area contributed by atoms with Crippen molar-refractivity contribution < 1.29 is 27.9 Å². The van der Waals surface area contributed by atoms with Crippen LogP contribution >= 0.6 is 0 Å². The van der Waals surface area contributed by atoms with E-state index in [0.717, 1.165) is 37.2 Å². The first-order valence-corrected chi connectivity index (χ1v) is 9.94. The summed E-state index contributed by atoms with van der Waals surface area (Å²) in [6, 6.07) is 10.6. The molecule has 0 spiro atoms. The van der Waals surface area contributed by atoms with E-state index in [4.69, 9.17) is 15.2 Å². The van der Waals surface area contributed by atoms with Crippen molar-refractivity contribution in [3.05, 3.63) is 47.8 Å². The van der Waals surface area contributed by atoms with Gasteiger partial charge in [0.2, 0.25) is 5.91 Å². The zero-order chi connectivity index (χ0) is 23.5. The van der Waals surface area contributed by atoms with Crippen molar-refractivity contribution in [2.75, 3.05) is 11.4 Å². The molecule has 0 aliphatic carbocycles. The van der Waals surface area contributed by atoms with Crippen LogP contribution in [0.1, 0.15) is 30.4 Å². The smallest absolute Gasteiger partial charge is 0.475 e. The van der Waals surface area contributed by atoms with Crippen LogP contribution in [-0.4, -0.2) is 56.5 Å². The SMILES string of the molecule is Cn1cc(N2C(=O)CC[C@@H]3[C@H]2CCN3Cc2cccc(C#N)c2)cn1.O=C(O)C(F)(F)F. The molecule has 0 bridgehead atoms. The van der Waals surface area contributed by atoms with Gasteiger partial charge in [0, 0.05) is 38.8 Å². The predicted molar refractivity (Wildman–Crippen MR) is 107 cm³/mol. The molecule has 0 radical (unpaired) electrons. The quantitative estimate of drug-likeness (QED) is 0.773. The van der Waals surface area contributed by atoms with Gasteiger partial charge in [0.1, 0.15) is 0 Å². The highest BCUT2D eigenvalue weighted by atomic mass is 19.4. The normalized spacial score (nSPS) is 20.8. The Kier molecular flexibility index (Phi) is 6.84. The van der Waals surface area contributed by atoms with Gasteiger partial charge in [-0.2, -0.15) is 23.5 Å². The Bertz CT molecular complexity index is 1030. The van der Waals surface area contributed by atoms with Crippen molar-refractivity contribution >= 4 is 17.6 Å². The molecule has 2 atom stereocenters. The lowest BCUT2D eigenvalue weighted by atomic mass is 9.95. The fourth-order valence-corrected chi connectivity index (χ4v) is 4.19. The Morgan fingerprint density at radius 2 is 2.03 bits per heavy atom. The van der Waals surface area contributed by atoms with Gasteiger partial charge in [-0.25, -0.2) is 4.79 Å². The number of nitriles is 1. The molecule has 1 amide bonds. The molecule has 0 unspecified atom stereocenters. The number of piperidine rings is 1. The summed E-state index contributed by atoms with van der Waals surface area (Å²) in [6.45, 7) is 1.79. The average molecular weight is 449 g/mol. The zero-order valence-electron chi connectivity index (χ0n) is 17.3. The number of benzene rings is 1. The monoisotopic (exact) mass is 449 g/mol.